The van der Waals surface area contributed by atoms with E-state index in [2.05, 4.69) is 15.3 Å². The lowest BCUT2D eigenvalue weighted by Crippen LogP contribution is -2.60. The number of anilines is 1. The first-order chi connectivity index (χ1) is 16.4. The average molecular weight is 504 g/mol. The Labute approximate surface area is 204 Å². The van der Waals surface area contributed by atoms with Gasteiger partial charge >= 0.3 is 0 Å². The van der Waals surface area contributed by atoms with E-state index in [4.69, 9.17) is 16.3 Å². The number of piperazine rings is 1. The molecule has 0 bridgehead atoms. The van der Waals surface area contributed by atoms with E-state index in [0.29, 0.717) is 22.9 Å². The summed E-state index contributed by atoms with van der Waals surface area (Å²) in [4.78, 5) is 19.3. The molecule has 1 aromatic carbocycles. The van der Waals surface area contributed by atoms with Crippen LogP contribution in [0.2, 0.25) is 5.02 Å². The number of hydrazine groups is 1. The number of rotatable bonds is 5. The fraction of sp³-hybridized carbons (Fsp3) is 0.391. The zero-order chi connectivity index (χ0) is 23.7. The Morgan fingerprint density at radius 1 is 1.06 bits per heavy atom. The molecular weight excluding hydrogens is 478 g/mol. The van der Waals surface area contributed by atoms with E-state index in [1.54, 1.807) is 41.7 Å². The summed E-state index contributed by atoms with van der Waals surface area (Å²) in [6, 6.07) is 9.23. The number of amides is 1. The second kappa shape index (κ2) is 9.53. The smallest absolute Gasteiger partial charge is 0.252 e. The zero-order valence-corrected chi connectivity index (χ0v) is 20.1. The van der Waals surface area contributed by atoms with Crippen LogP contribution in [0.3, 0.4) is 0 Å². The van der Waals surface area contributed by atoms with Crippen molar-refractivity contribution in [3.8, 4) is 5.75 Å². The summed E-state index contributed by atoms with van der Waals surface area (Å²) in [5.41, 5.74) is 5.12. The number of benzene rings is 1. The summed E-state index contributed by atoms with van der Waals surface area (Å²) < 4.78 is 33.2. The van der Waals surface area contributed by atoms with Crippen molar-refractivity contribution in [2.45, 2.75) is 18.9 Å². The molecular formula is C23H26ClN5O4S. The topological polar surface area (TPSA) is 95.1 Å². The number of carbonyl (C=O) groups is 1. The van der Waals surface area contributed by atoms with Gasteiger partial charge in [0.1, 0.15) is 12.4 Å². The van der Waals surface area contributed by atoms with E-state index in [1.807, 2.05) is 12.1 Å². The van der Waals surface area contributed by atoms with Crippen molar-refractivity contribution in [2.24, 2.45) is 0 Å². The molecule has 9 nitrogen and oxygen atoms in total. The molecule has 0 spiro atoms. The van der Waals surface area contributed by atoms with Gasteiger partial charge in [-0.25, -0.2) is 13.8 Å². The lowest BCUT2D eigenvalue weighted by Gasteiger charge is -2.39. The van der Waals surface area contributed by atoms with Gasteiger partial charge < -0.3 is 9.64 Å². The van der Waals surface area contributed by atoms with Gasteiger partial charge in [0.2, 0.25) is 10.0 Å². The van der Waals surface area contributed by atoms with Crippen LogP contribution in [0.4, 0.5) is 5.69 Å². The Bertz CT molecular complexity index is 1200. The summed E-state index contributed by atoms with van der Waals surface area (Å²) >= 11 is 5.98. The van der Waals surface area contributed by atoms with Crippen molar-refractivity contribution in [3.63, 3.8) is 0 Å². The normalized spacial score (nSPS) is 20.0. The number of sulfonamides is 1. The first-order valence-electron chi connectivity index (χ1n) is 11.2. The molecule has 11 heteroatoms. The standard InChI is InChI=1S/C23H26ClN5O4S/c24-18-2-1-17-13-21(16-33-22(17)14-18)34(31,32)28-11-12-29(23(30)15-28)26-19-5-9-27(10-6-19)20-3-7-25-8-4-20/h1-4,7-8,13-14,19,26H,5-6,9-12,15-16H2. The fourth-order valence-corrected chi connectivity index (χ4v) is 6.05. The second-order valence-electron chi connectivity index (χ2n) is 8.56. The zero-order valence-electron chi connectivity index (χ0n) is 18.6. The van der Waals surface area contributed by atoms with Gasteiger partial charge in [0, 0.05) is 54.3 Å². The van der Waals surface area contributed by atoms with Gasteiger partial charge in [0.25, 0.3) is 5.91 Å². The van der Waals surface area contributed by atoms with Crippen LogP contribution in [0.15, 0.2) is 47.6 Å². The maximum atomic E-state index is 13.2. The van der Waals surface area contributed by atoms with Gasteiger partial charge in [-0.1, -0.05) is 11.6 Å². The van der Waals surface area contributed by atoms with E-state index in [9.17, 15) is 13.2 Å². The predicted octanol–water partition coefficient (Wildman–Crippen LogP) is 2.12. The Kier molecular flexibility index (Phi) is 6.48. The minimum absolute atomic E-state index is 0.0849. The molecule has 0 radical (unpaired) electrons. The van der Waals surface area contributed by atoms with Crippen molar-refractivity contribution >= 4 is 39.3 Å². The Hall–Kier alpha value is -2.66. The van der Waals surface area contributed by atoms with Gasteiger partial charge in [-0.3, -0.25) is 14.8 Å². The predicted molar refractivity (Wildman–Crippen MR) is 130 cm³/mol. The van der Waals surface area contributed by atoms with Gasteiger partial charge in [0.15, 0.2) is 0 Å². The van der Waals surface area contributed by atoms with Crippen LogP contribution in [-0.2, 0) is 14.8 Å². The highest BCUT2D eigenvalue weighted by Gasteiger charge is 2.36. The molecule has 0 unspecified atom stereocenters. The number of ether oxygens (including phenoxy) is 1. The monoisotopic (exact) mass is 503 g/mol. The van der Waals surface area contributed by atoms with Crippen molar-refractivity contribution in [1.82, 2.24) is 19.7 Å². The van der Waals surface area contributed by atoms with Crippen LogP contribution in [0.25, 0.3) is 6.08 Å². The van der Waals surface area contributed by atoms with E-state index in [1.165, 1.54) is 4.31 Å². The van der Waals surface area contributed by atoms with Gasteiger partial charge in [-0.15, -0.1) is 0 Å². The molecule has 0 atom stereocenters. The number of hydrogen-bond donors (Lipinski definition) is 1. The molecule has 2 saturated heterocycles. The SMILES string of the molecule is O=C1CN(S(=O)(=O)C2=Cc3ccc(Cl)cc3OC2)CCN1NC1CCN(c2ccncc2)CC1. The quantitative estimate of drug-likeness (QED) is 0.667. The number of halogens is 1. The number of pyridine rings is 1. The van der Waals surface area contributed by atoms with Gasteiger partial charge in [-0.2, -0.15) is 4.31 Å². The molecule has 3 aliphatic rings. The number of nitrogens with zero attached hydrogens (tertiary/aromatic N) is 4. The highest BCUT2D eigenvalue weighted by atomic mass is 35.5. The summed E-state index contributed by atoms with van der Waals surface area (Å²) in [6.45, 7) is 2.00. The first-order valence-corrected chi connectivity index (χ1v) is 13.1. The molecule has 1 N–H and O–H groups in total. The number of fused-ring (bicyclic) bond motifs is 1. The molecule has 2 aromatic rings. The Morgan fingerprint density at radius 2 is 1.82 bits per heavy atom. The molecule has 0 saturated carbocycles. The van der Waals surface area contributed by atoms with E-state index < -0.39 is 10.0 Å². The van der Waals surface area contributed by atoms with Crippen LogP contribution < -0.4 is 15.1 Å². The molecule has 34 heavy (non-hydrogen) atoms. The van der Waals surface area contributed by atoms with Crippen LogP contribution in [0, 0.1) is 0 Å². The third-order valence-corrected chi connectivity index (χ3v) is 8.51. The van der Waals surface area contributed by atoms with E-state index in [-0.39, 0.29) is 36.6 Å². The third-order valence-electron chi connectivity index (χ3n) is 6.38. The third kappa shape index (κ3) is 4.76. The maximum absolute atomic E-state index is 13.2. The number of hydrogen-bond acceptors (Lipinski definition) is 7. The highest BCUT2D eigenvalue weighted by Crippen LogP contribution is 2.32. The number of nitrogens with one attached hydrogen (secondary N) is 1. The average Bonchev–Trinajstić information content (AvgIpc) is 2.86. The number of piperidine rings is 1. The van der Waals surface area contributed by atoms with E-state index in [0.717, 1.165) is 31.6 Å². The maximum Gasteiger partial charge on any atom is 0.252 e. The minimum Gasteiger partial charge on any atom is -0.487 e. The molecule has 1 amide bonds. The van der Waals surface area contributed by atoms with Gasteiger partial charge in [-0.05, 0) is 49.2 Å². The summed E-state index contributed by atoms with van der Waals surface area (Å²) in [5.74, 6) is 0.294. The van der Waals surface area contributed by atoms with Gasteiger partial charge in [0.05, 0.1) is 18.0 Å². The first kappa shape index (κ1) is 23.1. The number of aromatic nitrogens is 1. The lowest BCUT2D eigenvalue weighted by atomic mass is 10.1. The summed E-state index contributed by atoms with van der Waals surface area (Å²) in [7, 11) is -3.82. The molecule has 180 valence electrons. The fourth-order valence-electron chi connectivity index (χ4n) is 4.47. The second-order valence-corrected chi connectivity index (χ2v) is 11.0. The molecule has 3 aliphatic heterocycles. The molecule has 2 fully saturated rings. The van der Waals surface area contributed by atoms with Crippen LogP contribution >= 0.6 is 11.6 Å². The molecule has 1 aromatic heterocycles. The Balaban J connectivity index is 1.17. The van der Waals surface area contributed by atoms with Crippen LogP contribution in [0.1, 0.15) is 18.4 Å². The number of carbonyl (C=O) groups excluding carboxylic acids is 1. The van der Waals surface area contributed by atoms with Crippen molar-refractivity contribution in [2.75, 3.05) is 44.2 Å². The molecule has 4 heterocycles. The lowest BCUT2D eigenvalue weighted by molar-refractivity contribution is -0.138. The van der Waals surface area contributed by atoms with Crippen molar-refractivity contribution < 1.29 is 17.9 Å². The van der Waals surface area contributed by atoms with E-state index >= 15 is 0 Å². The van der Waals surface area contributed by atoms with Crippen molar-refractivity contribution in [3.05, 3.63) is 58.2 Å². The highest BCUT2D eigenvalue weighted by molar-refractivity contribution is 7.93. The molecule has 0 aliphatic carbocycles. The largest absolute Gasteiger partial charge is 0.487 e. The summed E-state index contributed by atoms with van der Waals surface area (Å²) in [5, 5.41) is 2.10. The minimum atomic E-state index is -3.82. The Morgan fingerprint density at radius 3 is 2.56 bits per heavy atom. The van der Waals surface area contributed by atoms with Crippen LogP contribution in [0.5, 0.6) is 5.75 Å². The van der Waals surface area contributed by atoms with Crippen molar-refractivity contribution in [1.29, 1.82) is 0 Å². The van der Waals surface area contributed by atoms with Crippen LogP contribution in [-0.4, -0.2) is 74.0 Å². The summed E-state index contributed by atoms with van der Waals surface area (Å²) in [6.07, 6.45) is 6.95. The molecule has 5 rings (SSSR count).